The van der Waals surface area contributed by atoms with E-state index in [0.717, 1.165) is 30.6 Å². The molecule has 2 aliphatic rings. The van der Waals surface area contributed by atoms with E-state index in [4.69, 9.17) is 4.74 Å². The summed E-state index contributed by atoms with van der Waals surface area (Å²) in [7, 11) is 1.66. The highest BCUT2D eigenvalue weighted by molar-refractivity contribution is 5.88. The fourth-order valence-electron chi connectivity index (χ4n) is 3.53. The number of nitrogens with one attached hydrogen (secondary N) is 1. The van der Waals surface area contributed by atoms with Gasteiger partial charge in [0.25, 0.3) is 0 Å². The van der Waals surface area contributed by atoms with Crippen LogP contribution in [0.1, 0.15) is 42.9 Å². The summed E-state index contributed by atoms with van der Waals surface area (Å²) in [6, 6.07) is 3.83. The Bertz CT molecular complexity index is 627. The van der Waals surface area contributed by atoms with Crippen molar-refractivity contribution in [2.24, 2.45) is 0 Å². The third-order valence-corrected chi connectivity index (χ3v) is 4.90. The predicted molar refractivity (Wildman–Crippen MR) is 87.3 cm³/mol. The van der Waals surface area contributed by atoms with Crippen LogP contribution in [-0.2, 0) is 29.0 Å². The molecule has 1 atom stereocenters. The molecule has 1 aliphatic carbocycles. The van der Waals surface area contributed by atoms with Gasteiger partial charge < -0.3 is 15.0 Å². The first kappa shape index (κ1) is 15.8. The van der Waals surface area contributed by atoms with Crippen molar-refractivity contribution in [3.05, 3.63) is 28.8 Å². The van der Waals surface area contributed by atoms with Gasteiger partial charge in [0.05, 0.1) is 7.11 Å². The lowest BCUT2D eigenvalue weighted by atomic mass is 10.0. The highest BCUT2D eigenvalue weighted by Crippen LogP contribution is 2.29. The molecule has 2 amide bonds. The summed E-state index contributed by atoms with van der Waals surface area (Å²) in [4.78, 5) is 25.7. The Morgan fingerprint density at radius 2 is 2.00 bits per heavy atom. The lowest BCUT2D eigenvalue weighted by Gasteiger charge is -2.23. The Morgan fingerprint density at radius 1 is 1.26 bits per heavy atom. The van der Waals surface area contributed by atoms with Gasteiger partial charge in [0.2, 0.25) is 11.8 Å². The molecule has 1 fully saturated rings. The van der Waals surface area contributed by atoms with E-state index in [-0.39, 0.29) is 11.8 Å². The maximum atomic E-state index is 12.3. The molecule has 124 valence electrons. The van der Waals surface area contributed by atoms with Crippen LogP contribution in [0.25, 0.3) is 0 Å². The van der Waals surface area contributed by atoms with E-state index in [9.17, 15) is 9.59 Å². The second-order valence-corrected chi connectivity index (χ2v) is 6.37. The number of aryl methyl sites for hydroxylation is 2. The van der Waals surface area contributed by atoms with E-state index < -0.39 is 6.04 Å². The van der Waals surface area contributed by atoms with Crippen molar-refractivity contribution in [2.75, 3.05) is 13.7 Å². The quantitative estimate of drug-likeness (QED) is 0.901. The number of benzene rings is 1. The zero-order chi connectivity index (χ0) is 16.4. The van der Waals surface area contributed by atoms with Gasteiger partial charge in [-0.3, -0.25) is 9.59 Å². The molecule has 0 spiro atoms. The van der Waals surface area contributed by atoms with E-state index in [0.29, 0.717) is 19.5 Å². The number of rotatable bonds is 5. The van der Waals surface area contributed by atoms with E-state index in [1.54, 1.807) is 18.9 Å². The minimum atomic E-state index is -0.412. The summed E-state index contributed by atoms with van der Waals surface area (Å²) in [6.45, 7) is 2.90. The number of carbonyl (C=O) groups excluding carboxylic acids is 2. The van der Waals surface area contributed by atoms with Gasteiger partial charge in [0.15, 0.2) is 0 Å². The monoisotopic (exact) mass is 316 g/mol. The number of carbonyl (C=O) groups is 2. The van der Waals surface area contributed by atoms with Crippen LogP contribution in [-0.4, -0.2) is 36.4 Å². The average Bonchev–Trinajstić information content (AvgIpc) is 3.18. The Balaban J connectivity index is 1.66. The molecule has 0 saturated carbocycles. The number of methoxy groups -OCH3 is 1. The number of hydrogen-bond acceptors (Lipinski definition) is 3. The molecule has 0 aromatic heterocycles. The summed E-state index contributed by atoms with van der Waals surface area (Å²) in [6.07, 6.45) is 4.78. The minimum absolute atomic E-state index is 0.0720. The fourth-order valence-corrected chi connectivity index (χ4v) is 3.53. The molecule has 3 rings (SSSR count). The topological polar surface area (TPSA) is 58.6 Å². The molecular formula is C18H24N2O3. The highest BCUT2D eigenvalue weighted by Gasteiger charge is 2.29. The first-order valence-corrected chi connectivity index (χ1v) is 8.36. The Labute approximate surface area is 137 Å². The third-order valence-electron chi connectivity index (χ3n) is 4.90. The second kappa shape index (κ2) is 6.60. The summed E-state index contributed by atoms with van der Waals surface area (Å²) in [5.74, 6) is 0.793. The molecule has 0 unspecified atom stereocenters. The summed E-state index contributed by atoms with van der Waals surface area (Å²) >= 11 is 0. The van der Waals surface area contributed by atoms with Gasteiger partial charge in [-0.2, -0.15) is 0 Å². The van der Waals surface area contributed by atoms with Gasteiger partial charge in [0, 0.05) is 25.1 Å². The summed E-state index contributed by atoms with van der Waals surface area (Å²) < 4.78 is 5.46. The van der Waals surface area contributed by atoms with Crippen LogP contribution in [0.3, 0.4) is 0 Å². The number of nitrogens with zero attached hydrogens (tertiary/aromatic N) is 1. The summed E-state index contributed by atoms with van der Waals surface area (Å²) in [5, 5.41) is 2.95. The van der Waals surface area contributed by atoms with Crippen LogP contribution in [0, 0.1) is 0 Å². The van der Waals surface area contributed by atoms with Gasteiger partial charge in [-0.1, -0.05) is 6.07 Å². The molecule has 1 aliphatic heterocycles. The van der Waals surface area contributed by atoms with E-state index >= 15 is 0 Å². The van der Waals surface area contributed by atoms with Gasteiger partial charge in [-0.15, -0.1) is 0 Å². The van der Waals surface area contributed by atoms with Crippen molar-refractivity contribution >= 4 is 11.8 Å². The van der Waals surface area contributed by atoms with Crippen molar-refractivity contribution in [1.29, 1.82) is 0 Å². The molecule has 0 bridgehead atoms. The predicted octanol–water partition coefficient (Wildman–Crippen LogP) is 1.81. The molecule has 1 aromatic carbocycles. The van der Waals surface area contributed by atoms with E-state index in [1.807, 2.05) is 0 Å². The Hall–Kier alpha value is -2.04. The second-order valence-electron chi connectivity index (χ2n) is 6.37. The zero-order valence-corrected chi connectivity index (χ0v) is 13.9. The molecule has 1 aromatic rings. The first-order valence-electron chi connectivity index (χ1n) is 8.36. The number of likely N-dealkylation sites (tertiary alicyclic amines) is 1. The first-order chi connectivity index (χ1) is 11.1. The SMILES string of the molecule is COc1cc2c(cc1CNC(=O)[C@H](C)N1CCCC1=O)CCC2. The summed E-state index contributed by atoms with van der Waals surface area (Å²) in [5.41, 5.74) is 3.72. The molecule has 23 heavy (non-hydrogen) atoms. The number of fused-ring (bicyclic) bond motifs is 1. The van der Waals surface area contributed by atoms with Crippen LogP contribution >= 0.6 is 0 Å². The van der Waals surface area contributed by atoms with Crippen molar-refractivity contribution in [3.8, 4) is 5.75 Å². The van der Waals surface area contributed by atoms with Crippen LogP contribution in [0.15, 0.2) is 12.1 Å². The largest absolute Gasteiger partial charge is 0.496 e. The average molecular weight is 316 g/mol. The van der Waals surface area contributed by atoms with Crippen molar-refractivity contribution in [2.45, 2.75) is 51.6 Å². The molecule has 1 saturated heterocycles. The van der Waals surface area contributed by atoms with Crippen molar-refractivity contribution in [1.82, 2.24) is 10.2 Å². The Kier molecular flexibility index (Phi) is 4.55. The number of ether oxygens (including phenoxy) is 1. The van der Waals surface area contributed by atoms with Crippen LogP contribution in [0.4, 0.5) is 0 Å². The molecular weight excluding hydrogens is 292 g/mol. The number of hydrogen-bond donors (Lipinski definition) is 1. The minimum Gasteiger partial charge on any atom is -0.496 e. The van der Waals surface area contributed by atoms with Crippen LogP contribution in [0.5, 0.6) is 5.75 Å². The van der Waals surface area contributed by atoms with Crippen molar-refractivity contribution < 1.29 is 14.3 Å². The molecule has 1 N–H and O–H groups in total. The maximum absolute atomic E-state index is 12.3. The highest BCUT2D eigenvalue weighted by atomic mass is 16.5. The number of amides is 2. The van der Waals surface area contributed by atoms with Crippen molar-refractivity contribution in [3.63, 3.8) is 0 Å². The maximum Gasteiger partial charge on any atom is 0.242 e. The molecule has 5 heteroatoms. The third kappa shape index (κ3) is 3.19. The van der Waals surface area contributed by atoms with E-state index in [2.05, 4.69) is 17.4 Å². The van der Waals surface area contributed by atoms with Crippen LogP contribution < -0.4 is 10.1 Å². The lowest BCUT2D eigenvalue weighted by Crippen LogP contribution is -2.45. The normalized spacial score (nSPS) is 18.0. The standard InChI is InChI=1S/C18H24N2O3/c1-12(20-8-4-7-17(20)21)18(22)19-11-15-9-13-5-3-6-14(13)10-16(15)23-2/h9-10,12H,3-8,11H2,1-2H3,(H,19,22)/t12-/m0/s1. The smallest absolute Gasteiger partial charge is 0.242 e. The molecule has 0 radical (unpaired) electrons. The fraction of sp³-hybridized carbons (Fsp3) is 0.556. The zero-order valence-electron chi connectivity index (χ0n) is 13.9. The Morgan fingerprint density at radius 3 is 2.65 bits per heavy atom. The van der Waals surface area contributed by atoms with Gasteiger partial charge in [-0.05, 0) is 49.8 Å². The lowest BCUT2D eigenvalue weighted by molar-refractivity contribution is -0.136. The molecule has 1 heterocycles. The van der Waals surface area contributed by atoms with Gasteiger partial charge in [0.1, 0.15) is 11.8 Å². The van der Waals surface area contributed by atoms with Gasteiger partial charge >= 0.3 is 0 Å². The van der Waals surface area contributed by atoms with E-state index in [1.165, 1.54) is 17.5 Å². The van der Waals surface area contributed by atoms with Gasteiger partial charge in [-0.25, -0.2) is 0 Å². The van der Waals surface area contributed by atoms with Crippen LogP contribution in [0.2, 0.25) is 0 Å². The molecule has 5 nitrogen and oxygen atoms in total.